The highest BCUT2D eigenvalue weighted by molar-refractivity contribution is 6.08. The van der Waals surface area contributed by atoms with Gasteiger partial charge in [0.1, 0.15) is 6.10 Å². The number of nitrogens with one attached hydrogen (secondary N) is 2. The lowest BCUT2D eigenvalue weighted by Gasteiger charge is -2.24. The summed E-state index contributed by atoms with van der Waals surface area (Å²) in [4.78, 5) is 36.8. The standard InChI is InChI=1S/C24H30N2O5/c1-15(2)13-20(22(28)24(30)26-31)23(29)25-16(3)14-17-9-11-19(12-10-17)21(27)18-7-5-4-6-8-18/h4-12,15-16,20,22,28,31H,13-14H2,1-3H3,(H,25,29)(H,26,30)/t16-,20-,22+/m1/s1. The Morgan fingerprint density at radius 3 is 2.00 bits per heavy atom. The molecule has 31 heavy (non-hydrogen) atoms. The monoisotopic (exact) mass is 426 g/mol. The third-order valence-corrected chi connectivity index (χ3v) is 5.00. The van der Waals surface area contributed by atoms with Gasteiger partial charge >= 0.3 is 0 Å². The van der Waals surface area contributed by atoms with E-state index in [1.807, 2.05) is 51.1 Å². The van der Waals surface area contributed by atoms with Crippen LogP contribution in [0.1, 0.15) is 48.7 Å². The van der Waals surface area contributed by atoms with Crippen LogP contribution < -0.4 is 10.8 Å². The molecule has 2 aromatic rings. The Morgan fingerprint density at radius 2 is 1.45 bits per heavy atom. The van der Waals surface area contributed by atoms with Crippen molar-refractivity contribution in [2.45, 2.75) is 45.8 Å². The first kappa shape index (κ1) is 24.2. The quantitative estimate of drug-likeness (QED) is 0.265. The Morgan fingerprint density at radius 1 is 0.871 bits per heavy atom. The predicted octanol–water partition coefficient (Wildman–Crippen LogP) is 2.49. The van der Waals surface area contributed by atoms with Crippen LogP contribution in [0.25, 0.3) is 0 Å². The molecule has 2 rings (SSSR count). The maximum absolute atomic E-state index is 12.7. The van der Waals surface area contributed by atoms with Crippen molar-refractivity contribution in [1.82, 2.24) is 10.8 Å². The molecule has 2 amide bonds. The molecule has 7 nitrogen and oxygen atoms in total. The van der Waals surface area contributed by atoms with Crippen molar-refractivity contribution in [3.63, 3.8) is 0 Å². The number of carbonyl (C=O) groups is 3. The Labute approximate surface area is 182 Å². The van der Waals surface area contributed by atoms with Gasteiger partial charge in [0.05, 0.1) is 5.92 Å². The number of rotatable bonds is 10. The van der Waals surface area contributed by atoms with Crippen LogP contribution in [-0.2, 0) is 16.0 Å². The van der Waals surface area contributed by atoms with Crippen LogP contribution in [0.15, 0.2) is 54.6 Å². The summed E-state index contributed by atoms with van der Waals surface area (Å²) in [5.74, 6) is -2.41. The third kappa shape index (κ3) is 7.01. The molecular weight excluding hydrogens is 396 g/mol. The molecule has 0 unspecified atom stereocenters. The van der Waals surface area contributed by atoms with Gasteiger partial charge in [-0.15, -0.1) is 0 Å². The van der Waals surface area contributed by atoms with Crippen LogP contribution >= 0.6 is 0 Å². The third-order valence-electron chi connectivity index (χ3n) is 5.00. The fourth-order valence-electron chi connectivity index (χ4n) is 3.44. The molecular formula is C24H30N2O5. The van der Waals surface area contributed by atoms with E-state index < -0.39 is 23.8 Å². The molecule has 0 aromatic heterocycles. The van der Waals surface area contributed by atoms with Crippen molar-refractivity contribution in [1.29, 1.82) is 0 Å². The van der Waals surface area contributed by atoms with Gasteiger partial charge in [-0.25, -0.2) is 5.48 Å². The Hall–Kier alpha value is -3.03. The summed E-state index contributed by atoms with van der Waals surface area (Å²) >= 11 is 0. The average molecular weight is 427 g/mol. The molecule has 2 aromatic carbocycles. The number of ketones is 1. The van der Waals surface area contributed by atoms with Gasteiger partial charge in [-0.1, -0.05) is 68.4 Å². The zero-order chi connectivity index (χ0) is 23.0. The van der Waals surface area contributed by atoms with Crippen molar-refractivity contribution < 1.29 is 24.7 Å². The van der Waals surface area contributed by atoms with Crippen LogP contribution in [0.3, 0.4) is 0 Å². The van der Waals surface area contributed by atoms with Crippen LogP contribution in [0.5, 0.6) is 0 Å². The minimum Gasteiger partial charge on any atom is -0.382 e. The van der Waals surface area contributed by atoms with Crippen LogP contribution in [0, 0.1) is 11.8 Å². The number of aliphatic hydroxyl groups is 1. The van der Waals surface area contributed by atoms with E-state index in [4.69, 9.17) is 5.21 Å². The van der Waals surface area contributed by atoms with Crippen LogP contribution in [0.2, 0.25) is 0 Å². The molecule has 0 aliphatic carbocycles. The Kier molecular flexibility index (Phi) is 8.90. The van der Waals surface area contributed by atoms with E-state index in [2.05, 4.69) is 5.32 Å². The minimum atomic E-state index is -1.64. The van der Waals surface area contributed by atoms with Gasteiger partial charge in [-0.2, -0.15) is 0 Å². The van der Waals surface area contributed by atoms with Gasteiger partial charge in [-0.3, -0.25) is 19.6 Å². The fourth-order valence-corrected chi connectivity index (χ4v) is 3.44. The lowest BCUT2D eigenvalue weighted by Crippen LogP contribution is -2.48. The highest BCUT2D eigenvalue weighted by Gasteiger charge is 2.33. The topological polar surface area (TPSA) is 116 Å². The van der Waals surface area contributed by atoms with Crippen molar-refractivity contribution >= 4 is 17.6 Å². The molecule has 0 fully saturated rings. The molecule has 0 saturated heterocycles. The lowest BCUT2D eigenvalue weighted by atomic mass is 9.90. The number of benzene rings is 2. The molecule has 7 heteroatoms. The second-order valence-electron chi connectivity index (χ2n) is 8.16. The number of hydrogen-bond acceptors (Lipinski definition) is 5. The zero-order valence-corrected chi connectivity index (χ0v) is 18.0. The Balaban J connectivity index is 2.00. The van der Waals surface area contributed by atoms with Gasteiger partial charge in [0, 0.05) is 17.2 Å². The smallest absolute Gasteiger partial charge is 0.272 e. The first-order valence-corrected chi connectivity index (χ1v) is 10.3. The first-order chi connectivity index (χ1) is 14.7. The second-order valence-corrected chi connectivity index (χ2v) is 8.16. The summed E-state index contributed by atoms with van der Waals surface area (Å²) in [5.41, 5.74) is 3.54. The van der Waals surface area contributed by atoms with Gasteiger partial charge < -0.3 is 10.4 Å². The molecule has 0 aliphatic heterocycles. The highest BCUT2D eigenvalue weighted by Crippen LogP contribution is 2.18. The number of amides is 2. The molecule has 0 saturated carbocycles. The predicted molar refractivity (Wildman–Crippen MR) is 117 cm³/mol. The molecule has 0 spiro atoms. The maximum Gasteiger partial charge on any atom is 0.272 e. The van der Waals surface area contributed by atoms with Crippen LogP contribution in [0.4, 0.5) is 0 Å². The molecule has 0 aliphatic rings. The van der Waals surface area contributed by atoms with Crippen molar-refractivity contribution in [3.05, 3.63) is 71.3 Å². The second kappa shape index (κ2) is 11.4. The van der Waals surface area contributed by atoms with Crippen molar-refractivity contribution in [2.24, 2.45) is 11.8 Å². The van der Waals surface area contributed by atoms with E-state index in [1.165, 1.54) is 5.48 Å². The molecule has 0 heterocycles. The summed E-state index contributed by atoms with van der Waals surface area (Å²) in [6.45, 7) is 5.59. The summed E-state index contributed by atoms with van der Waals surface area (Å²) in [6, 6.07) is 16.0. The Bertz CT molecular complexity index is 881. The van der Waals surface area contributed by atoms with E-state index in [1.54, 1.807) is 24.3 Å². The first-order valence-electron chi connectivity index (χ1n) is 10.3. The SMILES string of the molecule is CC(C)C[C@@H](C(=O)N[C@H](C)Cc1ccc(C(=O)c2ccccc2)cc1)[C@H](O)C(=O)NO. The van der Waals surface area contributed by atoms with E-state index in [0.29, 0.717) is 24.0 Å². The molecule has 0 radical (unpaired) electrons. The van der Waals surface area contributed by atoms with Crippen LogP contribution in [-0.4, -0.2) is 40.1 Å². The summed E-state index contributed by atoms with van der Waals surface area (Å²) in [5, 5.41) is 21.7. The number of aliphatic hydroxyl groups excluding tert-OH is 1. The van der Waals surface area contributed by atoms with Gasteiger partial charge in [0.2, 0.25) is 5.91 Å². The summed E-state index contributed by atoms with van der Waals surface area (Å²) in [7, 11) is 0. The van der Waals surface area contributed by atoms with Crippen molar-refractivity contribution in [2.75, 3.05) is 0 Å². The van der Waals surface area contributed by atoms with E-state index in [-0.39, 0.29) is 17.7 Å². The van der Waals surface area contributed by atoms with E-state index >= 15 is 0 Å². The summed E-state index contributed by atoms with van der Waals surface area (Å²) < 4.78 is 0. The number of carbonyl (C=O) groups excluding carboxylic acids is 3. The minimum absolute atomic E-state index is 0.0545. The van der Waals surface area contributed by atoms with E-state index in [9.17, 15) is 19.5 Å². The zero-order valence-electron chi connectivity index (χ0n) is 18.0. The fraction of sp³-hybridized carbons (Fsp3) is 0.375. The van der Waals surface area contributed by atoms with Gasteiger partial charge in [-0.05, 0) is 31.2 Å². The van der Waals surface area contributed by atoms with E-state index in [0.717, 1.165) is 5.56 Å². The lowest BCUT2D eigenvalue weighted by molar-refractivity contribution is -0.146. The van der Waals surface area contributed by atoms with Gasteiger partial charge in [0.25, 0.3) is 5.91 Å². The summed E-state index contributed by atoms with van der Waals surface area (Å²) in [6.07, 6.45) is -0.825. The van der Waals surface area contributed by atoms with Gasteiger partial charge in [0.15, 0.2) is 5.78 Å². The van der Waals surface area contributed by atoms with Crippen molar-refractivity contribution in [3.8, 4) is 0 Å². The molecule has 3 atom stereocenters. The molecule has 4 N–H and O–H groups in total. The maximum atomic E-state index is 12.7. The average Bonchev–Trinajstić information content (AvgIpc) is 2.76. The highest BCUT2D eigenvalue weighted by atomic mass is 16.5. The normalized spacial score (nSPS) is 13.9. The number of hydrogen-bond donors (Lipinski definition) is 4. The largest absolute Gasteiger partial charge is 0.382 e. The number of hydroxylamine groups is 1. The molecule has 166 valence electrons. The molecule has 0 bridgehead atoms.